The molecule has 0 spiro atoms. The van der Waals surface area contributed by atoms with Crippen molar-refractivity contribution in [1.29, 1.82) is 0 Å². The van der Waals surface area contributed by atoms with Crippen LogP contribution in [0.25, 0.3) is 0 Å². The molecule has 208 valence electrons. The fourth-order valence-electron chi connectivity index (χ4n) is 3.57. The topological polar surface area (TPSA) is 148 Å². The molecule has 0 aromatic heterocycles. The molecule has 1 fully saturated rings. The number of halogens is 2. The molecule has 0 aromatic rings. The van der Waals surface area contributed by atoms with Crippen molar-refractivity contribution in [2.75, 3.05) is 45.7 Å². The second kappa shape index (κ2) is 15.7. The van der Waals surface area contributed by atoms with Gasteiger partial charge in [0, 0.05) is 60.2 Å². The number of nitrogens with zero attached hydrogens (tertiary/aromatic N) is 2. The van der Waals surface area contributed by atoms with Crippen molar-refractivity contribution in [3.05, 3.63) is 0 Å². The third kappa shape index (κ3) is 9.13. The van der Waals surface area contributed by atoms with Gasteiger partial charge < -0.3 is 32.7 Å². The van der Waals surface area contributed by atoms with E-state index in [1.165, 1.54) is 25.8 Å². The Morgan fingerprint density at radius 1 is 0.833 bits per heavy atom. The predicted molar refractivity (Wildman–Crippen MR) is 128 cm³/mol. The van der Waals surface area contributed by atoms with Gasteiger partial charge in [0.05, 0.1) is 6.54 Å². The molecule has 1 aliphatic heterocycles. The molecule has 1 rings (SSSR count). The first-order valence-electron chi connectivity index (χ1n) is 10.8. The molecule has 0 N–H and O–H groups in total. The van der Waals surface area contributed by atoms with Crippen molar-refractivity contribution in [2.45, 2.75) is 58.3 Å². The lowest BCUT2D eigenvalue weighted by atomic mass is 9.97. The Bertz CT molecular complexity index is 823. The van der Waals surface area contributed by atoms with Crippen molar-refractivity contribution < 1.29 is 51.9 Å². The molecule has 0 radical (unpaired) electrons. The Kier molecular flexibility index (Phi) is 14.2. The summed E-state index contributed by atoms with van der Waals surface area (Å²) in [5.41, 5.74) is 0. The average Bonchev–Trinajstić information content (AvgIpc) is 2.80. The highest BCUT2D eigenvalue weighted by atomic mass is 35.5. The summed E-state index contributed by atoms with van der Waals surface area (Å²) in [7, 11) is -0.581. The first kappa shape index (κ1) is 32.6. The lowest BCUT2D eigenvalue weighted by Crippen LogP contribution is -2.65. The lowest BCUT2D eigenvalue weighted by molar-refractivity contribution is -0.270. The minimum absolute atomic E-state index is 0.0394. The number of carbonyl (C=O) groups is 4. The van der Waals surface area contributed by atoms with E-state index in [1.54, 1.807) is 0 Å². The zero-order valence-electron chi connectivity index (χ0n) is 21.0. The van der Waals surface area contributed by atoms with Crippen LogP contribution in [-0.4, -0.2) is 105 Å². The molecule has 36 heavy (non-hydrogen) atoms. The van der Waals surface area contributed by atoms with Crippen molar-refractivity contribution in [2.24, 2.45) is 4.74 Å². The number of rotatable bonds is 13. The molecule has 0 bridgehead atoms. The van der Waals surface area contributed by atoms with E-state index in [2.05, 4.69) is 4.74 Å². The van der Waals surface area contributed by atoms with Gasteiger partial charge in [0.15, 0.2) is 24.5 Å². The Morgan fingerprint density at radius 2 is 1.36 bits per heavy atom. The highest BCUT2D eigenvalue weighted by molar-refractivity contribution is 7.53. The number of ether oxygens (including phenoxy) is 5. The van der Waals surface area contributed by atoms with Crippen LogP contribution in [-0.2, 0) is 51.9 Å². The van der Waals surface area contributed by atoms with E-state index in [-0.39, 0.29) is 31.5 Å². The minimum Gasteiger partial charge on any atom is -0.463 e. The van der Waals surface area contributed by atoms with E-state index in [0.29, 0.717) is 0 Å². The fourth-order valence-corrected chi connectivity index (χ4v) is 6.22. The maximum absolute atomic E-state index is 12.1. The molecule has 1 saturated heterocycles. The Hall–Kier alpha value is -1.47. The summed E-state index contributed by atoms with van der Waals surface area (Å²) in [5, 5.41) is 0. The minimum atomic E-state index is -3.31. The number of hydrogen-bond acceptors (Lipinski definition) is 12. The van der Waals surface area contributed by atoms with E-state index in [9.17, 15) is 19.2 Å². The van der Waals surface area contributed by atoms with Gasteiger partial charge in [-0.2, -0.15) is 4.67 Å². The van der Waals surface area contributed by atoms with Crippen LogP contribution in [0.2, 0.25) is 0 Å². The van der Waals surface area contributed by atoms with Gasteiger partial charge in [-0.1, -0.05) is 0 Å². The summed E-state index contributed by atoms with van der Waals surface area (Å²) in [5.74, 6) is -2.67. The molecular formula is C20H33Cl2N2O11P. The summed E-state index contributed by atoms with van der Waals surface area (Å²) in [4.78, 5) is 47.6. The van der Waals surface area contributed by atoms with Crippen molar-refractivity contribution in [1.82, 2.24) is 4.67 Å². The second-order valence-electron chi connectivity index (χ2n) is 7.35. The smallest absolute Gasteiger partial charge is 0.303 e. The Morgan fingerprint density at radius 3 is 1.81 bits per heavy atom. The first-order valence-corrected chi connectivity index (χ1v) is 13.4. The first-order chi connectivity index (χ1) is 17.0. The summed E-state index contributed by atoms with van der Waals surface area (Å²) in [6, 6.07) is 0. The monoisotopic (exact) mass is 578 g/mol. The summed E-state index contributed by atoms with van der Waals surface area (Å²) < 4.78 is 45.1. The zero-order valence-corrected chi connectivity index (χ0v) is 23.4. The van der Waals surface area contributed by atoms with Gasteiger partial charge in [-0.05, 0) is 0 Å². The molecule has 5 atom stereocenters. The van der Waals surface area contributed by atoms with Gasteiger partial charge >= 0.3 is 23.9 Å². The second-order valence-corrected chi connectivity index (χ2v) is 10.6. The van der Waals surface area contributed by atoms with Gasteiger partial charge in [0.25, 0.3) is 7.66 Å². The number of hydrogen-bond donors (Lipinski definition) is 0. The SMILES string of the molecule is COP(=NCCCl)(OC)N(CCCl)[C@@H]1O[C@H](COC(C)=O)[C@@H](OC(C)=O)[C@H](OC(C)=O)[C@H]1OC(C)=O. The molecule has 0 amide bonds. The summed E-state index contributed by atoms with van der Waals surface area (Å²) in [6.45, 7) is 4.41. The molecule has 1 aliphatic rings. The van der Waals surface area contributed by atoms with Gasteiger partial charge in [-0.25, -0.2) is 4.74 Å². The summed E-state index contributed by atoms with van der Waals surface area (Å²) in [6.07, 6.45) is -6.43. The van der Waals surface area contributed by atoms with Crippen LogP contribution in [0.15, 0.2) is 4.74 Å². The average molecular weight is 579 g/mol. The molecule has 0 unspecified atom stereocenters. The molecule has 1 heterocycles. The van der Waals surface area contributed by atoms with Gasteiger partial charge in [-0.15, -0.1) is 23.2 Å². The van der Waals surface area contributed by atoms with E-state index in [1.807, 2.05) is 0 Å². The van der Waals surface area contributed by atoms with Crippen molar-refractivity contribution in [3.63, 3.8) is 0 Å². The molecule has 13 nitrogen and oxygen atoms in total. The van der Waals surface area contributed by atoms with Crippen LogP contribution < -0.4 is 0 Å². The standard InChI is InChI=1S/C20H33Cl2N2O11P/c1-12(25)31-11-16-17(32-13(2)26)18(33-14(3)27)19(34-15(4)28)20(35-16)24(10-8-22)36(29-5,30-6)23-9-7-21/h16-20H,7-11H2,1-6H3/t16-,17-,18+,19-,20-/m1/s1. The third-order valence-corrected chi connectivity index (χ3v) is 7.66. The molecule has 0 aliphatic carbocycles. The van der Waals surface area contributed by atoms with E-state index < -0.39 is 62.2 Å². The van der Waals surface area contributed by atoms with Crippen LogP contribution in [0, 0.1) is 0 Å². The van der Waals surface area contributed by atoms with Crippen LogP contribution in [0.3, 0.4) is 0 Å². The van der Waals surface area contributed by atoms with Crippen molar-refractivity contribution >= 4 is 54.7 Å². The van der Waals surface area contributed by atoms with Crippen molar-refractivity contribution in [3.8, 4) is 0 Å². The lowest BCUT2D eigenvalue weighted by Gasteiger charge is -2.49. The van der Waals surface area contributed by atoms with Crippen LogP contribution in [0.5, 0.6) is 0 Å². The fraction of sp³-hybridized carbons (Fsp3) is 0.800. The predicted octanol–water partition coefficient (Wildman–Crippen LogP) is 2.09. The maximum Gasteiger partial charge on any atom is 0.303 e. The van der Waals surface area contributed by atoms with Crippen LogP contribution >= 0.6 is 30.9 Å². The molecule has 16 heteroatoms. The van der Waals surface area contributed by atoms with Crippen LogP contribution in [0.1, 0.15) is 27.7 Å². The summed E-state index contributed by atoms with van der Waals surface area (Å²) >= 11 is 11.9. The molecule has 0 aromatic carbocycles. The van der Waals surface area contributed by atoms with E-state index in [4.69, 9.17) is 55.9 Å². The van der Waals surface area contributed by atoms with Gasteiger partial charge in [0.1, 0.15) is 12.7 Å². The normalized spacial score (nSPS) is 24.1. The maximum atomic E-state index is 12.1. The van der Waals surface area contributed by atoms with Gasteiger partial charge in [0.2, 0.25) is 0 Å². The highest BCUT2D eigenvalue weighted by Gasteiger charge is 2.56. The van der Waals surface area contributed by atoms with Crippen LogP contribution in [0.4, 0.5) is 0 Å². The van der Waals surface area contributed by atoms with E-state index >= 15 is 0 Å². The zero-order chi connectivity index (χ0) is 27.5. The third-order valence-electron chi connectivity index (χ3n) is 4.74. The number of carbonyl (C=O) groups excluding carboxylic acids is 4. The highest BCUT2D eigenvalue weighted by Crippen LogP contribution is 2.56. The van der Waals surface area contributed by atoms with E-state index in [0.717, 1.165) is 20.8 Å². The Labute approximate surface area is 220 Å². The number of alkyl halides is 2. The van der Waals surface area contributed by atoms with Gasteiger partial charge in [-0.3, -0.25) is 19.2 Å². The molecular weight excluding hydrogens is 546 g/mol. The molecule has 0 saturated carbocycles. The quantitative estimate of drug-likeness (QED) is 0.136. The Balaban J connectivity index is 3.78. The largest absolute Gasteiger partial charge is 0.463 e. The number of esters is 4.